The average molecular weight is 211 g/mol. The van der Waals surface area contributed by atoms with Crippen molar-refractivity contribution in [2.24, 2.45) is 11.8 Å². The van der Waals surface area contributed by atoms with Gasteiger partial charge in [0.25, 0.3) is 0 Å². The van der Waals surface area contributed by atoms with Crippen LogP contribution >= 0.6 is 0 Å². The Kier molecular flexibility index (Phi) is 5.66. The highest BCUT2D eigenvalue weighted by Gasteiger charge is 2.26. The molecule has 0 radical (unpaired) electrons. The van der Waals surface area contributed by atoms with Gasteiger partial charge in [-0.25, -0.2) is 0 Å². The van der Waals surface area contributed by atoms with Gasteiger partial charge in [-0.2, -0.15) is 0 Å². The van der Waals surface area contributed by atoms with Gasteiger partial charge in [0.2, 0.25) is 0 Å². The standard InChI is InChI=1S/C14H29N/c1-5-7-12(6-2)13-8-10-14(11-9-13)15(3)4/h12-14H,5-11H2,1-4H3/t12?,13-,14-. The van der Waals surface area contributed by atoms with Crippen LogP contribution in [0.25, 0.3) is 0 Å². The molecule has 0 amide bonds. The number of hydrogen-bond donors (Lipinski definition) is 0. The number of rotatable bonds is 5. The summed E-state index contributed by atoms with van der Waals surface area (Å²) in [5, 5.41) is 0. The fourth-order valence-electron chi connectivity index (χ4n) is 3.23. The molecule has 0 aromatic rings. The van der Waals surface area contributed by atoms with Crippen molar-refractivity contribution in [2.75, 3.05) is 14.1 Å². The topological polar surface area (TPSA) is 3.24 Å². The summed E-state index contributed by atoms with van der Waals surface area (Å²) in [6.45, 7) is 4.70. The Labute approximate surface area is 96.2 Å². The van der Waals surface area contributed by atoms with Crippen molar-refractivity contribution >= 4 is 0 Å². The molecule has 1 fully saturated rings. The van der Waals surface area contributed by atoms with Crippen LogP contribution in [-0.2, 0) is 0 Å². The first kappa shape index (κ1) is 13.0. The molecule has 90 valence electrons. The van der Waals surface area contributed by atoms with Gasteiger partial charge in [-0.05, 0) is 51.6 Å². The molecule has 1 unspecified atom stereocenters. The zero-order valence-electron chi connectivity index (χ0n) is 11.1. The summed E-state index contributed by atoms with van der Waals surface area (Å²) in [6, 6.07) is 0.861. The smallest absolute Gasteiger partial charge is 0.00893 e. The third-order valence-electron chi connectivity index (χ3n) is 4.32. The maximum absolute atomic E-state index is 2.41. The predicted octanol–water partition coefficient (Wildman–Crippen LogP) is 3.93. The normalized spacial score (nSPS) is 29.4. The lowest BCUT2D eigenvalue weighted by Gasteiger charge is -2.36. The first-order chi connectivity index (χ1) is 7.19. The van der Waals surface area contributed by atoms with Gasteiger partial charge in [0.1, 0.15) is 0 Å². The van der Waals surface area contributed by atoms with Gasteiger partial charge < -0.3 is 4.90 Å². The summed E-state index contributed by atoms with van der Waals surface area (Å²) in [4.78, 5) is 2.41. The molecule has 0 N–H and O–H groups in total. The summed E-state index contributed by atoms with van der Waals surface area (Å²) < 4.78 is 0. The summed E-state index contributed by atoms with van der Waals surface area (Å²) in [7, 11) is 4.46. The highest BCUT2D eigenvalue weighted by atomic mass is 15.1. The minimum absolute atomic E-state index is 0.861. The average Bonchev–Trinajstić information content (AvgIpc) is 2.26. The van der Waals surface area contributed by atoms with Crippen LogP contribution in [0.15, 0.2) is 0 Å². The summed E-state index contributed by atoms with van der Waals surface area (Å²) in [5.41, 5.74) is 0. The highest BCUT2D eigenvalue weighted by molar-refractivity contribution is 4.80. The maximum atomic E-state index is 2.41. The SMILES string of the molecule is CCCC(CC)[C@H]1CC[C@H](N(C)C)CC1. The molecule has 0 bridgehead atoms. The third-order valence-corrected chi connectivity index (χ3v) is 4.32. The first-order valence-corrected chi connectivity index (χ1v) is 6.85. The number of hydrogen-bond acceptors (Lipinski definition) is 1. The molecule has 0 saturated heterocycles. The lowest BCUT2D eigenvalue weighted by Crippen LogP contribution is -2.33. The van der Waals surface area contributed by atoms with Gasteiger partial charge in [-0.3, -0.25) is 0 Å². The van der Waals surface area contributed by atoms with Crippen LogP contribution in [0.4, 0.5) is 0 Å². The molecule has 0 aliphatic heterocycles. The molecule has 0 aromatic carbocycles. The van der Waals surface area contributed by atoms with E-state index in [4.69, 9.17) is 0 Å². The summed E-state index contributed by atoms with van der Waals surface area (Å²) in [5.74, 6) is 2.05. The molecule has 0 heterocycles. The molecule has 0 aromatic heterocycles. The van der Waals surface area contributed by atoms with E-state index in [2.05, 4.69) is 32.8 Å². The summed E-state index contributed by atoms with van der Waals surface area (Å²) >= 11 is 0. The third kappa shape index (κ3) is 3.79. The van der Waals surface area contributed by atoms with Crippen molar-refractivity contribution in [2.45, 2.75) is 64.8 Å². The van der Waals surface area contributed by atoms with Gasteiger partial charge in [0, 0.05) is 6.04 Å². The van der Waals surface area contributed by atoms with Crippen LogP contribution in [0.3, 0.4) is 0 Å². The number of nitrogens with zero attached hydrogens (tertiary/aromatic N) is 1. The molecule has 1 aliphatic carbocycles. The first-order valence-electron chi connectivity index (χ1n) is 6.85. The van der Waals surface area contributed by atoms with Crippen LogP contribution in [-0.4, -0.2) is 25.0 Å². The Bertz CT molecular complexity index is 157. The highest BCUT2D eigenvalue weighted by Crippen LogP contribution is 2.35. The molecule has 0 spiro atoms. The molecule has 1 atom stereocenters. The van der Waals surface area contributed by atoms with E-state index in [1.165, 1.54) is 44.9 Å². The second-order valence-corrected chi connectivity index (χ2v) is 5.49. The van der Waals surface area contributed by atoms with Gasteiger partial charge >= 0.3 is 0 Å². The Morgan fingerprint density at radius 1 is 1.07 bits per heavy atom. The zero-order chi connectivity index (χ0) is 11.3. The fourth-order valence-corrected chi connectivity index (χ4v) is 3.23. The van der Waals surface area contributed by atoms with Crippen LogP contribution in [0.1, 0.15) is 58.8 Å². The molecular weight excluding hydrogens is 182 g/mol. The van der Waals surface area contributed by atoms with Crippen molar-refractivity contribution < 1.29 is 0 Å². The largest absolute Gasteiger partial charge is 0.306 e. The Morgan fingerprint density at radius 2 is 1.67 bits per heavy atom. The van der Waals surface area contributed by atoms with E-state index >= 15 is 0 Å². The molecule has 1 saturated carbocycles. The van der Waals surface area contributed by atoms with E-state index in [1.54, 1.807) is 0 Å². The molecular formula is C14H29N. The monoisotopic (exact) mass is 211 g/mol. The Morgan fingerprint density at radius 3 is 2.07 bits per heavy atom. The van der Waals surface area contributed by atoms with Crippen molar-refractivity contribution in [1.82, 2.24) is 4.90 Å². The van der Waals surface area contributed by atoms with Crippen LogP contribution < -0.4 is 0 Å². The summed E-state index contributed by atoms with van der Waals surface area (Å²) in [6.07, 6.45) is 10.0. The van der Waals surface area contributed by atoms with Gasteiger partial charge in [0.15, 0.2) is 0 Å². The van der Waals surface area contributed by atoms with Crippen LogP contribution in [0.2, 0.25) is 0 Å². The second-order valence-electron chi connectivity index (χ2n) is 5.49. The fraction of sp³-hybridized carbons (Fsp3) is 1.00. The van der Waals surface area contributed by atoms with E-state index < -0.39 is 0 Å². The molecule has 1 rings (SSSR count). The van der Waals surface area contributed by atoms with Crippen molar-refractivity contribution in [3.63, 3.8) is 0 Å². The van der Waals surface area contributed by atoms with Gasteiger partial charge in [0.05, 0.1) is 0 Å². The lowest BCUT2D eigenvalue weighted by atomic mass is 9.75. The van der Waals surface area contributed by atoms with E-state index in [1.807, 2.05) is 0 Å². The van der Waals surface area contributed by atoms with E-state index in [-0.39, 0.29) is 0 Å². The van der Waals surface area contributed by atoms with Crippen molar-refractivity contribution in [3.8, 4) is 0 Å². The maximum Gasteiger partial charge on any atom is 0.00893 e. The van der Waals surface area contributed by atoms with Crippen LogP contribution in [0.5, 0.6) is 0 Å². The van der Waals surface area contributed by atoms with E-state index in [0.29, 0.717) is 0 Å². The van der Waals surface area contributed by atoms with Crippen molar-refractivity contribution in [3.05, 3.63) is 0 Å². The minimum atomic E-state index is 0.861. The Hall–Kier alpha value is -0.0400. The molecule has 1 nitrogen and oxygen atoms in total. The Balaban J connectivity index is 2.35. The zero-order valence-corrected chi connectivity index (χ0v) is 11.1. The van der Waals surface area contributed by atoms with Crippen LogP contribution in [0, 0.1) is 11.8 Å². The molecule has 1 aliphatic rings. The lowest BCUT2D eigenvalue weighted by molar-refractivity contribution is 0.151. The molecule has 1 heteroatoms. The van der Waals surface area contributed by atoms with E-state index in [0.717, 1.165) is 17.9 Å². The second kappa shape index (κ2) is 6.52. The minimum Gasteiger partial charge on any atom is -0.306 e. The van der Waals surface area contributed by atoms with Gasteiger partial charge in [-0.15, -0.1) is 0 Å². The van der Waals surface area contributed by atoms with E-state index in [9.17, 15) is 0 Å². The molecule has 15 heavy (non-hydrogen) atoms. The quantitative estimate of drug-likeness (QED) is 0.666. The van der Waals surface area contributed by atoms with Crippen molar-refractivity contribution in [1.29, 1.82) is 0 Å². The predicted molar refractivity (Wildman–Crippen MR) is 68.1 cm³/mol. The van der Waals surface area contributed by atoms with Gasteiger partial charge in [-0.1, -0.05) is 33.1 Å².